The average Bonchev–Trinajstić information content (AvgIpc) is 2.42. The van der Waals surface area contributed by atoms with Crippen molar-refractivity contribution in [2.75, 3.05) is 6.61 Å². The van der Waals surface area contributed by atoms with Crippen LogP contribution < -0.4 is 0 Å². The molecular formula is C18H38O5. The smallest absolute Gasteiger partial charge is 0.256 e. The second kappa shape index (κ2) is 9.94. The van der Waals surface area contributed by atoms with Crippen molar-refractivity contribution in [1.82, 2.24) is 0 Å². The third kappa shape index (κ3) is 9.62. The summed E-state index contributed by atoms with van der Waals surface area (Å²) in [6.07, 6.45) is 4.12. The SMILES string of the molecule is CCCC(C)(C)OOC(CO)(CC(C)C)OOC(C)(C)CCC. The van der Waals surface area contributed by atoms with Crippen molar-refractivity contribution in [2.45, 2.75) is 104 Å². The predicted molar refractivity (Wildman–Crippen MR) is 91.6 cm³/mol. The monoisotopic (exact) mass is 334 g/mol. The Kier molecular flexibility index (Phi) is 9.86. The first-order chi connectivity index (χ1) is 10.5. The Labute approximate surface area is 142 Å². The lowest BCUT2D eigenvalue weighted by atomic mass is 10.0. The first kappa shape index (κ1) is 22.8. The Hall–Kier alpha value is -0.200. The minimum Gasteiger partial charge on any atom is -0.391 e. The van der Waals surface area contributed by atoms with E-state index < -0.39 is 17.0 Å². The molecule has 0 amide bonds. The van der Waals surface area contributed by atoms with E-state index in [0.717, 1.165) is 25.7 Å². The van der Waals surface area contributed by atoms with Gasteiger partial charge in [0, 0.05) is 6.42 Å². The molecule has 0 rings (SSSR count). The zero-order valence-electron chi connectivity index (χ0n) is 16.4. The van der Waals surface area contributed by atoms with Crippen LogP contribution in [0.4, 0.5) is 0 Å². The molecule has 0 radical (unpaired) electrons. The summed E-state index contributed by atoms with van der Waals surface area (Å²) in [6.45, 7) is 15.7. The lowest BCUT2D eigenvalue weighted by Crippen LogP contribution is -2.45. The molecule has 0 aromatic carbocycles. The van der Waals surface area contributed by atoms with Gasteiger partial charge in [-0.1, -0.05) is 40.5 Å². The number of aliphatic hydroxyl groups excluding tert-OH is 1. The van der Waals surface area contributed by atoms with Gasteiger partial charge >= 0.3 is 0 Å². The number of rotatable bonds is 13. The van der Waals surface area contributed by atoms with E-state index in [1.165, 1.54) is 0 Å². The minimum absolute atomic E-state index is 0.248. The van der Waals surface area contributed by atoms with Crippen LogP contribution in [-0.2, 0) is 19.6 Å². The molecule has 0 fully saturated rings. The van der Waals surface area contributed by atoms with Gasteiger partial charge in [-0.3, -0.25) is 0 Å². The first-order valence-electron chi connectivity index (χ1n) is 8.86. The van der Waals surface area contributed by atoms with E-state index in [9.17, 15) is 5.11 Å². The van der Waals surface area contributed by atoms with Gasteiger partial charge in [-0.25, -0.2) is 9.78 Å². The van der Waals surface area contributed by atoms with Crippen molar-refractivity contribution < 1.29 is 24.7 Å². The lowest BCUT2D eigenvalue weighted by Gasteiger charge is -2.36. The molecule has 0 spiro atoms. The van der Waals surface area contributed by atoms with E-state index in [1.807, 2.05) is 41.5 Å². The van der Waals surface area contributed by atoms with Gasteiger partial charge in [0.2, 0.25) is 0 Å². The van der Waals surface area contributed by atoms with Crippen LogP contribution in [0.1, 0.15) is 87.5 Å². The Morgan fingerprint density at radius 3 is 1.43 bits per heavy atom. The lowest BCUT2D eigenvalue weighted by molar-refractivity contribution is -0.549. The second-order valence-corrected chi connectivity index (χ2v) is 8.02. The molecule has 0 aliphatic rings. The molecule has 0 saturated heterocycles. The zero-order chi connectivity index (χ0) is 18.1. The number of hydrogen-bond donors (Lipinski definition) is 1. The summed E-state index contributed by atoms with van der Waals surface area (Å²) in [5, 5.41) is 9.87. The Bertz CT molecular complexity index is 291. The van der Waals surface area contributed by atoms with E-state index in [0.29, 0.717) is 6.42 Å². The van der Waals surface area contributed by atoms with Crippen molar-refractivity contribution >= 4 is 0 Å². The Morgan fingerprint density at radius 1 is 0.783 bits per heavy atom. The van der Waals surface area contributed by atoms with Gasteiger partial charge in [0.25, 0.3) is 5.79 Å². The summed E-state index contributed by atoms with van der Waals surface area (Å²) in [4.78, 5) is 22.3. The fourth-order valence-corrected chi connectivity index (χ4v) is 2.49. The molecule has 0 bridgehead atoms. The molecule has 0 aromatic heterocycles. The fraction of sp³-hybridized carbons (Fsp3) is 1.00. The normalized spacial score (nSPS) is 13.8. The van der Waals surface area contributed by atoms with Gasteiger partial charge in [0.05, 0.1) is 11.2 Å². The summed E-state index contributed by atoms with van der Waals surface area (Å²) in [5.41, 5.74) is -0.900. The maximum Gasteiger partial charge on any atom is 0.256 e. The summed E-state index contributed by atoms with van der Waals surface area (Å²) in [7, 11) is 0. The van der Waals surface area contributed by atoms with Gasteiger partial charge in [-0.15, -0.1) is 0 Å². The van der Waals surface area contributed by atoms with Crippen LogP contribution in [0.5, 0.6) is 0 Å². The Morgan fingerprint density at radius 2 is 1.17 bits per heavy atom. The molecule has 140 valence electrons. The quantitative estimate of drug-likeness (QED) is 0.298. The Balaban J connectivity index is 4.94. The molecule has 5 heteroatoms. The largest absolute Gasteiger partial charge is 0.391 e. The molecule has 1 N–H and O–H groups in total. The van der Waals surface area contributed by atoms with Crippen molar-refractivity contribution in [3.05, 3.63) is 0 Å². The average molecular weight is 334 g/mol. The van der Waals surface area contributed by atoms with Crippen LogP contribution in [-0.4, -0.2) is 28.7 Å². The molecule has 0 heterocycles. The third-order valence-corrected chi connectivity index (χ3v) is 3.50. The van der Waals surface area contributed by atoms with E-state index >= 15 is 0 Å². The van der Waals surface area contributed by atoms with E-state index in [2.05, 4.69) is 13.8 Å². The van der Waals surface area contributed by atoms with Crippen LogP contribution >= 0.6 is 0 Å². The summed E-state index contributed by atoms with van der Waals surface area (Å²) < 4.78 is 0. The summed E-state index contributed by atoms with van der Waals surface area (Å²) in [6, 6.07) is 0. The molecule has 0 atom stereocenters. The van der Waals surface area contributed by atoms with Gasteiger partial charge in [-0.05, 0) is 46.5 Å². The van der Waals surface area contributed by atoms with Crippen molar-refractivity contribution in [2.24, 2.45) is 5.92 Å². The molecular weight excluding hydrogens is 296 g/mol. The molecule has 0 aromatic rings. The minimum atomic E-state index is -1.32. The highest BCUT2D eigenvalue weighted by molar-refractivity contribution is 4.71. The van der Waals surface area contributed by atoms with Gasteiger partial charge in [0.15, 0.2) is 0 Å². The highest BCUT2D eigenvalue weighted by Gasteiger charge is 2.40. The maximum absolute atomic E-state index is 9.87. The van der Waals surface area contributed by atoms with Crippen molar-refractivity contribution in [3.8, 4) is 0 Å². The molecule has 0 aliphatic heterocycles. The predicted octanol–water partition coefficient (Wildman–Crippen LogP) is 4.77. The maximum atomic E-state index is 9.87. The summed E-state index contributed by atoms with van der Waals surface area (Å²) in [5.74, 6) is -1.07. The molecule has 0 aliphatic carbocycles. The summed E-state index contributed by atoms with van der Waals surface area (Å²) >= 11 is 0. The van der Waals surface area contributed by atoms with E-state index in [1.54, 1.807) is 0 Å². The van der Waals surface area contributed by atoms with Crippen LogP contribution in [0.3, 0.4) is 0 Å². The molecule has 0 saturated carbocycles. The molecule has 23 heavy (non-hydrogen) atoms. The zero-order valence-corrected chi connectivity index (χ0v) is 16.4. The first-order valence-corrected chi connectivity index (χ1v) is 8.86. The van der Waals surface area contributed by atoms with Crippen molar-refractivity contribution in [1.29, 1.82) is 0 Å². The highest BCUT2D eigenvalue weighted by atomic mass is 17.3. The van der Waals surface area contributed by atoms with Crippen molar-refractivity contribution in [3.63, 3.8) is 0 Å². The van der Waals surface area contributed by atoms with Crippen LogP contribution in [0.25, 0.3) is 0 Å². The van der Waals surface area contributed by atoms with Gasteiger partial charge < -0.3 is 5.11 Å². The highest BCUT2D eigenvalue weighted by Crippen LogP contribution is 2.30. The van der Waals surface area contributed by atoms with Crippen LogP contribution in [0.2, 0.25) is 0 Å². The molecule has 0 unspecified atom stereocenters. The van der Waals surface area contributed by atoms with Crippen LogP contribution in [0.15, 0.2) is 0 Å². The van der Waals surface area contributed by atoms with Crippen LogP contribution in [0, 0.1) is 5.92 Å². The standard InChI is InChI=1S/C18H38O5/c1-9-11-16(5,6)20-22-18(14-19,13-15(3)4)23-21-17(7,8)12-10-2/h15,19H,9-14H2,1-8H3. The van der Waals surface area contributed by atoms with E-state index in [-0.39, 0.29) is 12.5 Å². The topological polar surface area (TPSA) is 57.2 Å². The van der Waals surface area contributed by atoms with Gasteiger partial charge in [0.1, 0.15) is 6.61 Å². The fourth-order valence-electron chi connectivity index (χ4n) is 2.49. The number of aliphatic hydroxyl groups is 1. The number of hydrogen-bond acceptors (Lipinski definition) is 5. The second-order valence-electron chi connectivity index (χ2n) is 8.02. The van der Waals surface area contributed by atoms with Gasteiger partial charge in [-0.2, -0.15) is 9.78 Å². The van der Waals surface area contributed by atoms with E-state index in [4.69, 9.17) is 19.6 Å². The molecule has 5 nitrogen and oxygen atoms in total. The third-order valence-electron chi connectivity index (χ3n) is 3.50.